The van der Waals surface area contributed by atoms with Gasteiger partial charge in [0.25, 0.3) is 0 Å². The van der Waals surface area contributed by atoms with Crippen LogP contribution in [0, 0.1) is 0 Å². The van der Waals surface area contributed by atoms with E-state index in [2.05, 4.69) is 5.32 Å². The Morgan fingerprint density at radius 3 is 2.13 bits per heavy atom. The minimum absolute atomic E-state index is 0. The zero-order valence-electron chi connectivity index (χ0n) is 13.4. The summed E-state index contributed by atoms with van der Waals surface area (Å²) in [4.78, 5) is 0. The van der Waals surface area contributed by atoms with Gasteiger partial charge < -0.3 is 15.2 Å². The number of aliphatic hydroxyl groups excluding tert-OH is 1. The van der Waals surface area contributed by atoms with E-state index < -0.39 is 0 Å². The molecule has 0 amide bonds. The van der Waals surface area contributed by atoms with Gasteiger partial charge in [0.1, 0.15) is 12.4 Å². The van der Waals surface area contributed by atoms with Crippen molar-refractivity contribution in [2.24, 2.45) is 0 Å². The zero-order chi connectivity index (χ0) is 16.0. The molecule has 5 heteroatoms. The first kappa shape index (κ1) is 19.8. The second kappa shape index (κ2) is 9.14. The summed E-state index contributed by atoms with van der Waals surface area (Å²) in [7, 11) is 0. The third kappa shape index (κ3) is 6.80. The Morgan fingerprint density at radius 2 is 1.57 bits per heavy atom. The van der Waals surface area contributed by atoms with Gasteiger partial charge in [0.15, 0.2) is 0 Å². The van der Waals surface area contributed by atoms with E-state index in [0.29, 0.717) is 13.2 Å². The fourth-order valence-corrected chi connectivity index (χ4v) is 1.97. The Hall–Kier alpha value is -1.26. The maximum atomic E-state index is 9.22. The van der Waals surface area contributed by atoms with Crippen molar-refractivity contribution < 1.29 is 9.84 Å². The number of hydrogen-bond acceptors (Lipinski definition) is 3. The van der Waals surface area contributed by atoms with Crippen LogP contribution in [0.4, 0.5) is 0 Å². The van der Waals surface area contributed by atoms with Crippen molar-refractivity contribution in [2.75, 3.05) is 6.61 Å². The van der Waals surface area contributed by atoms with Gasteiger partial charge in [-0.1, -0.05) is 35.9 Å². The summed E-state index contributed by atoms with van der Waals surface area (Å²) < 4.78 is 5.75. The first-order chi connectivity index (χ1) is 10.5. The Kier molecular flexibility index (Phi) is 7.86. The second-order valence-corrected chi connectivity index (χ2v) is 6.39. The van der Waals surface area contributed by atoms with E-state index in [-0.39, 0.29) is 24.6 Å². The molecule has 0 radical (unpaired) electrons. The Labute approximate surface area is 149 Å². The third-order valence-corrected chi connectivity index (χ3v) is 3.66. The molecular weight excluding hydrogens is 333 g/mol. The number of rotatable bonds is 7. The Morgan fingerprint density at radius 1 is 1.00 bits per heavy atom. The summed E-state index contributed by atoms with van der Waals surface area (Å²) in [6, 6.07) is 15.6. The lowest BCUT2D eigenvalue weighted by Crippen LogP contribution is -2.42. The van der Waals surface area contributed by atoms with Gasteiger partial charge in [-0.15, -0.1) is 12.4 Å². The molecule has 2 aromatic carbocycles. The quantitative estimate of drug-likeness (QED) is 0.781. The van der Waals surface area contributed by atoms with Crippen molar-refractivity contribution in [3.8, 4) is 5.75 Å². The Bertz CT molecular complexity index is 583. The van der Waals surface area contributed by atoms with Crippen molar-refractivity contribution in [1.82, 2.24) is 5.32 Å². The van der Waals surface area contributed by atoms with Crippen molar-refractivity contribution >= 4 is 24.0 Å². The van der Waals surface area contributed by atoms with E-state index in [1.807, 2.05) is 62.4 Å². The van der Waals surface area contributed by atoms with Crippen LogP contribution in [-0.2, 0) is 13.2 Å². The van der Waals surface area contributed by atoms with Gasteiger partial charge in [-0.05, 0) is 49.2 Å². The molecule has 0 saturated carbocycles. The normalized spacial score (nSPS) is 11.0. The molecular formula is C18H23Cl2NO2. The smallest absolute Gasteiger partial charge is 0.119 e. The monoisotopic (exact) mass is 355 g/mol. The van der Waals surface area contributed by atoms with Crippen molar-refractivity contribution in [2.45, 2.75) is 32.5 Å². The maximum absolute atomic E-state index is 9.22. The average Bonchev–Trinajstić information content (AvgIpc) is 2.53. The van der Waals surface area contributed by atoms with Gasteiger partial charge >= 0.3 is 0 Å². The van der Waals surface area contributed by atoms with E-state index in [0.717, 1.165) is 21.9 Å². The number of hydrogen-bond donors (Lipinski definition) is 2. The summed E-state index contributed by atoms with van der Waals surface area (Å²) in [5.74, 6) is 0.833. The van der Waals surface area contributed by atoms with Crippen molar-refractivity contribution in [3.63, 3.8) is 0 Å². The maximum Gasteiger partial charge on any atom is 0.119 e. The lowest BCUT2D eigenvalue weighted by Gasteiger charge is -2.23. The molecule has 0 aliphatic heterocycles. The molecule has 0 heterocycles. The fraction of sp³-hybridized carbons (Fsp3) is 0.333. The van der Waals surface area contributed by atoms with Crippen LogP contribution >= 0.6 is 24.0 Å². The third-order valence-electron chi connectivity index (χ3n) is 3.41. The second-order valence-electron chi connectivity index (χ2n) is 5.95. The topological polar surface area (TPSA) is 41.5 Å². The number of ether oxygens (including phenoxy) is 1. The van der Waals surface area contributed by atoms with Gasteiger partial charge in [0, 0.05) is 17.1 Å². The first-order valence-electron chi connectivity index (χ1n) is 7.30. The van der Waals surface area contributed by atoms with E-state index in [4.69, 9.17) is 16.3 Å². The van der Waals surface area contributed by atoms with Gasteiger partial charge in [-0.25, -0.2) is 0 Å². The van der Waals surface area contributed by atoms with E-state index in [1.165, 1.54) is 0 Å². The lowest BCUT2D eigenvalue weighted by atomic mass is 10.1. The molecule has 0 saturated heterocycles. The summed E-state index contributed by atoms with van der Waals surface area (Å²) in [5, 5.41) is 13.3. The SMILES string of the molecule is CC(C)(CO)NCc1ccc(OCc2ccc(Cl)cc2)cc1.Cl. The van der Waals surface area contributed by atoms with Crippen LogP contribution in [0.15, 0.2) is 48.5 Å². The highest BCUT2D eigenvalue weighted by Gasteiger charge is 2.14. The van der Waals surface area contributed by atoms with E-state index in [1.54, 1.807) is 0 Å². The molecule has 0 aromatic heterocycles. The van der Waals surface area contributed by atoms with Crippen molar-refractivity contribution in [3.05, 3.63) is 64.7 Å². The van der Waals surface area contributed by atoms with Crippen LogP contribution in [0.25, 0.3) is 0 Å². The number of nitrogens with one attached hydrogen (secondary N) is 1. The average molecular weight is 356 g/mol. The van der Waals surface area contributed by atoms with Crippen LogP contribution < -0.4 is 10.1 Å². The highest BCUT2D eigenvalue weighted by molar-refractivity contribution is 6.30. The molecule has 0 aliphatic rings. The van der Waals surface area contributed by atoms with Crippen molar-refractivity contribution in [1.29, 1.82) is 0 Å². The van der Waals surface area contributed by atoms with Gasteiger partial charge in [-0.3, -0.25) is 0 Å². The molecule has 23 heavy (non-hydrogen) atoms. The van der Waals surface area contributed by atoms with Gasteiger partial charge in [0.05, 0.1) is 6.61 Å². The summed E-state index contributed by atoms with van der Waals surface area (Å²) in [6.45, 7) is 5.28. The molecule has 0 unspecified atom stereocenters. The van der Waals surface area contributed by atoms with Gasteiger partial charge in [-0.2, -0.15) is 0 Å². The number of benzene rings is 2. The molecule has 2 rings (SSSR count). The summed E-state index contributed by atoms with van der Waals surface area (Å²) in [6.07, 6.45) is 0. The highest BCUT2D eigenvalue weighted by atomic mass is 35.5. The summed E-state index contributed by atoms with van der Waals surface area (Å²) in [5.41, 5.74) is 1.96. The number of aliphatic hydroxyl groups is 1. The van der Waals surface area contributed by atoms with Crippen LogP contribution in [0.2, 0.25) is 5.02 Å². The van der Waals surface area contributed by atoms with Gasteiger partial charge in [0.2, 0.25) is 0 Å². The molecule has 0 atom stereocenters. The number of halogens is 2. The predicted molar refractivity (Wildman–Crippen MR) is 97.5 cm³/mol. The molecule has 2 N–H and O–H groups in total. The largest absolute Gasteiger partial charge is 0.489 e. The molecule has 126 valence electrons. The molecule has 2 aromatic rings. The molecule has 0 fully saturated rings. The van der Waals surface area contributed by atoms with E-state index >= 15 is 0 Å². The van der Waals surface area contributed by atoms with Crippen LogP contribution in [0.3, 0.4) is 0 Å². The predicted octanol–water partition coefficient (Wildman–Crippen LogP) is 4.20. The molecule has 0 bridgehead atoms. The van der Waals surface area contributed by atoms with E-state index in [9.17, 15) is 5.11 Å². The first-order valence-corrected chi connectivity index (χ1v) is 7.68. The van der Waals surface area contributed by atoms with Crippen LogP contribution in [-0.4, -0.2) is 17.3 Å². The minimum atomic E-state index is -0.274. The fourth-order valence-electron chi connectivity index (χ4n) is 1.85. The zero-order valence-corrected chi connectivity index (χ0v) is 15.0. The molecule has 3 nitrogen and oxygen atoms in total. The van der Waals surface area contributed by atoms with Crippen LogP contribution in [0.1, 0.15) is 25.0 Å². The minimum Gasteiger partial charge on any atom is -0.489 e. The molecule has 0 spiro atoms. The van der Waals surface area contributed by atoms with Crippen LogP contribution in [0.5, 0.6) is 5.75 Å². The standard InChI is InChI=1S/C18H22ClNO2.ClH/c1-18(2,13-21)20-11-14-5-9-17(10-6-14)22-12-15-3-7-16(19)8-4-15;/h3-10,20-21H,11-13H2,1-2H3;1H. The lowest BCUT2D eigenvalue weighted by molar-refractivity contribution is 0.187. The highest BCUT2D eigenvalue weighted by Crippen LogP contribution is 2.16. The summed E-state index contributed by atoms with van der Waals surface area (Å²) >= 11 is 5.86. The Balaban J connectivity index is 0.00000264. The molecule has 0 aliphatic carbocycles.